The highest BCUT2D eigenvalue weighted by atomic mass is 31.0. The van der Waals surface area contributed by atoms with E-state index in [1.807, 2.05) is 0 Å². The van der Waals surface area contributed by atoms with Crippen molar-refractivity contribution in [1.82, 2.24) is 0 Å². The van der Waals surface area contributed by atoms with E-state index in [9.17, 15) is 0 Å². The van der Waals surface area contributed by atoms with Crippen LogP contribution in [-0.2, 0) is 5.16 Å². The summed E-state index contributed by atoms with van der Waals surface area (Å²) in [7, 11) is 2.95. The fraction of sp³-hybridized carbons (Fsp3) is 0.400. The topological polar surface area (TPSA) is 0 Å². The van der Waals surface area contributed by atoms with Gasteiger partial charge in [0.15, 0.2) is 0 Å². The van der Waals surface area contributed by atoms with E-state index in [-0.39, 0.29) is 0 Å². The molecule has 1 aliphatic rings. The van der Waals surface area contributed by atoms with E-state index in [2.05, 4.69) is 47.4 Å². The lowest BCUT2D eigenvalue weighted by Gasteiger charge is -2.44. The fourth-order valence-corrected chi connectivity index (χ4v) is 2.29. The quantitative estimate of drug-likeness (QED) is 0.517. The van der Waals surface area contributed by atoms with Crippen molar-refractivity contribution in [3.8, 4) is 0 Å². The van der Waals surface area contributed by atoms with Crippen LogP contribution in [0.5, 0.6) is 0 Å². The SMILES string of the molecule is CC1c2ccccc2C1(C)P. The molecule has 0 bridgehead atoms. The summed E-state index contributed by atoms with van der Waals surface area (Å²) in [6.07, 6.45) is 0. The molecule has 1 aromatic carbocycles. The lowest BCUT2D eigenvalue weighted by molar-refractivity contribution is 0.489. The van der Waals surface area contributed by atoms with Gasteiger partial charge in [-0.05, 0) is 17.0 Å². The highest BCUT2D eigenvalue weighted by Gasteiger charge is 2.40. The Morgan fingerprint density at radius 1 is 1.36 bits per heavy atom. The Morgan fingerprint density at radius 2 is 2.00 bits per heavy atom. The van der Waals surface area contributed by atoms with Gasteiger partial charge < -0.3 is 0 Å². The van der Waals surface area contributed by atoms with Crippen molar-refractivity contribution in [3.05, 3.63) is 35.4 Å². The van der Waals surface area contributed by atoms with E-state index < -0.39 is 0 Å². The number of hydrogen-bond donors (Lipinski definition) is 0. The molecule has 0 aliphatic heterocycles. The maximum absolute atomic E-state index is 2.95. The summed E-state index contributed by atoms with van der Waals surface area (Å²) >= 11 is 0. The van der Waals surface area contributed by atoms with Crippen LogP contribution < -0.4 is 0 Å². The van der Waals surface area contributed by atoms with E-state index in [1.54, 1.807) is 0 Å². The lowest BCUT2D eigenvalue weighted by Crippen LogP contribution is -2.33. The van der Waals surface area contributed by atoms with Crippen LogP contribution in [0.4, 0.5) is 0 Å². The van der Waals surface area contributed by atoms with E-state index in [0.717, 1.165) is 0 Å². The molecule has 0 saturated carbocycles. The molecule has 0 saturated heterocycles. The van der Waals surface area contributed by atoms with Crippen molar-refractivity contribution in [3.63, 3.8) is 0 Å². The fourth-order valence-electron chi connectivity index (χ4n) is 1.84. The molecule has 0 fully saturated rings. The minimum Gasteiger partial charge on any atom is -0.126 e. The van der Waals surface area contributed by atoms with E-state index in [4.69, 9.17) is 0 Å². The summed E-state index contributed by atoms with van der Waals surface area (Å²) in [5.74, 6) is 0.698. The minimum atomic E-state index is 0.330. The van der Waals surface area contributed by atoms with Gasteiger partial charge in [0, 0.05) is 5.16 Å². The molecule has 0 aromatic heterocycles. The second kappa shape index (κ2) is 2.08. The number of benzene rings is 1. The Labute approximate surface area is 70.2 Å². The summed E-state index contributed by atoms with van der Waals surface area (Å²) in [5, 5.41) is 0.330. The molecule has 0 N–H and O–H groups in total. The van der Waals surface area contributed by atoms with Crippen LogP contribution in [0.3, 0.4) is 0 Å². The average Bonchev–Trinajstić information content (AvgIpc) is 2.04. The molecule has 0 spiro atoms. The minimum absolute atomic E-state index is 0.330. The van der Waals surface area contributed by atoms with Crippen molar-refractivity contribution in [2.45, 2.75) is 24.9 Å². The standard InChI is InChI=1S/C10H13P/c1-7-8-5-3-4-6-9(8)10(7,2)11/h3-7H,11H2,1-2H3. The van der Waals surface area contributed by atoms with Gasteiger partial charge in [0.1, 0.15) is 0 Å². The molecule has 11 heavy (non-hydrogen) atoms. The van der Waals surface area contributed by atoms with Crippen LogP contribution in [0.2, 0.25) is 0 Å². The Bertz CT molecular complexity index is 289. The maximum Gasteiger partial charge on any atom is 0.0138 e. The van der Waals surface area contributed by atoms with Gasteiger partial charge in [-0.3, -0.25) is 0 Å². The first kappa shape index (κ1) is 7.31. The number of fused-ring (bicyclic) bond motifs is 1. The Morgan fingerprint density at radius 3 is 2.64 bits per heavy atom. The molecular weight excluding hydrogens is 151 g/mol. The summed E-state index contributed by atoms with van der Waals surface area (Å²) in [6.45, 7) is 4.57. The third-order valence-electron chi connectivity index (χ3n) is 2.91. The number of rotatable bonds is 0. The Kier molecular flexibility index (Phi) is 1.38. The van der Waals surface area contributed by atoms with Crippen molar-refractivity contribution in [2.24, 2.45) is 0 Å². The van der Waals surface area contributed by atoms with Gasteiger partial charge in [-0.1, -0.05) is 38.1 Å². The molecule has 58 valence electrons. The van der Waals surface area contributed by atoms with Crippen LogP contribution in [0.25, 0.3) is 0 Å². The van der Waals surface area contributed by atoms with Crippen LogP contribution in [-0.4, -0.2) is 0 Å². The van der Waals surface area contributed by atoms with Crippen LogP contribution in [0.15, 0.2) is 24.3 Å². The van der Waals surface area contributed by atoms with Gasteiger partial charge in [-0.15, -0.1) is 9.24 Å². The predicted octanol–water partition coefficient (Wildman–Crippen LogP) is 2.89. The van der Waals surface area contributed by atoms with Gasteiger partial charge in [0.2, 0.25) is 0 Å². The third kappa shape index (κ3) is 0.795. The smallest absolute Gasteiger partial charge is 0.0138 e. The first-order chi connectivity index (χ1) is 5.14. The lowest BCUT2D eigenvalue weighted by atomic mass is 9.69. The zero-order valence-corrected chi connectivity index (χ0v) is 8.12. The molecule has 1 aliphatic carbocycles. The van der Waals surface area contributed by atoms with Crippen LogP contribution in [0, 0.1) is 0 Å². The average molecular weight is 164 g/mol. The molecule has 2 rings (SSSR count). The Hall–Kier alpha value is -0.350. The first-order valence-electron chi connectivity index (χ1n) is 4.02. The van der Waals surface area contributed by atoms with Gasteiger partial charge in [-0.2, -0.15) is 0 Å². The maximum atomic E-state index is 2.95. The molecule has 3 atom stereocenters. The zero-order valence-electron chi connectivity index (χ0n) is 6.96. The van der Waals surface area contributed by atoms with Crippen LogP contribution >= 0.6 is 9.24 Å². The normalized spacial score (nSPS) is 34.3. The van der Waals surface area contributed by atoms with Crippen LogP contribution in [0.1, 0.15) is 30.9 Å². The first-order valence-corrected chi connectivity index (χ1v) is 4.60. The van der Waals surface area contributed by atoms with Crippen molar-refractivity contribution in [1.29, 1.82) is 0 Å². The molecule has 0 nitrogen and oxygen atoms in total. The van der Waals surface area contributed by atoms with E-state index >= 15 is 0 Å². The third-order valence-corrected chi connectivity index (χ3v) is 3.72. The van der Waals surface area contributed by atoms with Gasteiger partial charge >= 0.3 is 0 Å². The van der Waals surface area contributed by atoms with E-state index in [0.29, 0.717) is 11.1 Å². The highest BCUT2D eigenvalue weighted by molar-refractivity contribution is 7.18. The van der Waals surface area contributed by atoms with Crippen molar-refractivity contribution in [2.75, 3.05) is 0 Å². The monoisotopic (exact) mass is 164 g/mol. The molecule has 1 heteroatoms. The predicted molar refractivity (Wildman–Crippen MR) is 51.9 cm³/mol. The summed E-state index contributed by atoms with van der Waals surface area (Å²) < 4.78 is 0. The second-order valence-corrected chi connectivity index (χ2v) is 4.79. The molecule has 3 unspecified atom stereocenters. The molecule has 0 radical (unpaired) electrons. The summed E-state index contributed by atoms with van der Waals surface area (Å²) in [4.78, 5) is 0. The summed E-state index contributed by atoms with van der Waals surface area (Å²) in [5.41, 5.74) is 3.02. The highest BCUT2D eigenvalue weighted by Crippen LogP contribution is 2.55. The largest absolute Gasteiger partial charge is 0.126 e. The Balaban J connectivity index is 2.56. The number of hydrogen-bond acceptors (Lipinski definition) is 0. The van der Waals surface area contributed by atoms with Crippen molar-refractivity contribution < 1.29 is 0 Å². The van der Waals surface area contributed by atoms with Gasteiger partial charge in [0.05, 0.1) is 0 Å². The molecule has 0 heterocycles. The van der Waals surface area contributed by atoms with Gasteiger partial charge in [-0.25, -0.2) is 0 Å². The van der Waals surface area contributed by atoms with Crippen molar-refractivity contribution >= 4 is 9.24 Å². The molecular formula is C10H13P. The molecule has 0 amide bonds. The van der Waals surface area contributed by atoms with E-state index in [1.165, 1.54) is 11.1 Å². The summed E-state index contributed by atoms with van der Waals surface area (Å²) in [6, 6.07) is 8.69. The molecule has 1 aromatic rings. The van der Waals surface area contributed by atoms with Gasteiger partial charge in [0.25, 0.3) is 0 Å². The zero-order chi connectivity index (χ0) is 8.06. The second-order valence-electron chi connectivity index (χ2n) is 3.59.